The predicted octanol–water partition coefficient (Wildman–Crippen LogP) is 2.07. The van der Waals surface area contributed by atoms with E-state index in [9.17, 15) is 4.79 Å². The van der Waals surface area contributed by atoms with E-state index in [1.54, 1.807) is 12.1 Å². The summed E-state index contributed by atoms with van der Waals surface area (Å²) in [7, 11) is 0. The summed E-state index contributed by atoms with van der Waals surface area (Å²) in [6.07, 6.45) is 3.03. The number of ketones is 1. The highest BCUT2D eigenvalue weighted by Gasteiger charge is 2.12. The number of rotatable bonds is 2. The molecule has 0 amide bonds. The molecule has 2 nitrogen and oxygen atoms in total. The fraction of sp³-hybridized carbons (Fsp3) is 0.143. The second-order valence-electron chi connectivity index (χ2n) is 1.90. The van der Waals surface area contributed by atoms with Crippen LogP contribution in [0.2, 0.25) is 0 Å². The molecule has 0 saturated carbocycles. The van der Waals surface area contributed by atoms with E-state index in [2.05, 4.69) is 4.98 Å². The molecule has 0 radical (unpaired) electrons. The summed E-state index contributed by atoms with van der Waals surface area (Å²) in [6.45, 7) is 0. The van der Waals surface area contributed by atoms with Crippen molar-refractivity contribution in [2.24, 2.45) is 0 Å². The Balaban J connectivity index is 2.86. The minimum Gasteiger partial charge on any atom is -0.291 e. The second kappa shape index (κ2) is 3.69. The quantitative estimate of drug-likeness (QED) is 0.527. The molecule has 58 valence electrons. The Kier molecular flexibility index (Phi) is 2.85. The first-order valence-electron chi connectivity index (χ1n) is 2.94. The van der Waals surface area contributed by atoms with Gasteiger partial charge < -0.3 is 0 Å². The molecular weight excluding hydrogens is 185 g/mol. The van der Waals surface area contributed by atoms with Crippen LogP contribution in [-0.4, -0.2) is 15.6 Å². The number of pyridine rings is 1. The summed E-state index contributed by atoms with van der Waals surface area (Å²) >= 11 is 10.7. The molecule has 0 atom stereocenters. The summed E-state index contributed by atoms with van der Waals surface area (Å²) in [5.74, 6) is -0.296. The third-order valence-corrected chi connectivity index (χ3v) is 1.56. The molecule has 0 aliphatic carbocycles. The molecule has 11 heavy (non-hydrogen) atoms. The topological polar surface area (TPSA) is 30.0 Å². The number of halogens is 2. The van der Waals surface area contributed by atoms with E-state index in [-0.39, 0.29) is 5.78 Å². The molecule has 0 saturated heterocycles. The van der Waals surface area contributed by atoms with E-state index in [1.165, 1.54) is 12.4 Å². The predicted molar refractivity (Wildman–Crippen MR) is 44.1 cm³/mol. The van der Waals surface area contributed by atoms with E-state index in [4.69, 9.17) is 23.2 Å². The Morgan fingerprint density at radius 1 is 1.36 bits per heavy atom. The first kappa shape index (κ1) is 8.50. The maximum atomic E-state index is 11.1. The molecule has 0 bridgehead atoms. The van der Waals surface area contributed by atoms with E-state index in [0.29, 0.717) is 5.56 Å². The van der Waals surface area contributed by atoms with Gasteiger partial charge in [-0.25, -0.2) is 0 Å². The molecule has 0 fully saturated rings. The van der Waals surface area contributed by atoms with Crippen LogP contribution in [0.3, 0.4) is 0 Å². The third kappa shape index (κ3) is 2.17. The molecule has 0 N–H and O–H groups in total. The van der Waals surface area contributed by atoms with Crippen molar-refractivity contribution in [3.05, 3.63) is 30.1 Å². The Labute approximate surface area is 74.1 Å². The van der Waals surface area contributed by atoms with Crippen molar-refractivity contribution in [3.63, 3.8) is 0 Å². The summed E-state index contributed by atoms with van der Waals surface area (Å²) in [4.78, 5) is 13.8. The summed E-state index contributed by atoms with van der Waals surface area (Å²) < 4.78 is 0. The van der Waals surface area contributed by atoms with Gasteiger partial charge in [0.2, 0.25) is 0 Å². The van der Waals surface area contributed by atoms with Crippen LogP contribution >= 0.6 is 23.2 Å². The number of carbonyl (C=O) groups excluding carboxylic acids is 1. The van der Waals surface area contributed by atoms with Gasteiger partial charge in [-0.15, -0.1) is 0 Å². The van der Waals surface area contributed by atoms with Crippen molar-refractivity contribution in [2.45, 2.75) is 4.84 Å². The highest BCUT2D eigenvalue weighted by atomic mass is 35.5. The number of Topliss-reactive ketones (excluding diaryl/α,β-unsaturated/α-hetero) is 1. The van der Waals surface area contributed by atoms with Crippen molar-refractivity contribution < 1.29 is 4.79 Å². The summed E-state index contributed by atoms with van der Waals surface area (Å²) in [6, 6.07) is 3.14. The Morgan fingerprint density at radius 3 is 2.36 bits per heavy atom. The molecule has 1 aromatic heterocycles. The first-order valence-corrected chi connectivity index (χ1v) is 3.81. The van der Waals surface area contributed by atoms with Gasteiger partial charge in [-0.05, 0) is 12.1 Å². The normalized spacial score (nSPS) is 10.1. The standard InChI is InChI=1S/C7H5Cl2NO/c8-7(9)6(11)5-1-3-10-4-2-5/h1-4,7H. The Morgan fingerprint density at radius 2 is 1.91 bits per heavy atom. The lowest BCUT2D eigenvalue weighted by molar-refractivity contribution is 0.101. The van der Waals surface area contributed by atoms with Crippen molar-refractivity contribution in [1.82, 2.24) is 4.98 Å². The van der Waals surface area contributed by atoms with Gasteiger partial charge in [-0.3, -0.25) is 9.78 Å². The SMILES string of the molecule is O=C(c1ccncc1)C(Cl)Cl. The highest BCUT2D eigenvalue weighted by molar-refractivity contribution is 6.55. The molecule has 0 aliphatic rings. The molecule has 4 heteroatoms. The number of nitrogens with zero attached hydrogens (tertiary/aromatic N) is 1. The minimum atomic E-state index is -0.989. The van der Waals surface area contributed by atoms with Crippen LogP contribution in [0, 0.1) is 0 Å². The fourth-order valence-corrected chi connectivity index (χ4v) is 0.894. The van der Waals surface area contributed by atoms with E-state index < -0.39 is 4.84 Å². The molecule has 0 aromatic carbocycles. The van der Waals surface area contributed by atoms with Gasteiger partial charge in [0.25, 0.3) is 0 Å². The maximum Gasteiger partial charge on any atom is 0.195 e. The lowest BCUT2D eigenvalue weighted by Gasteiger charge is -1.98. The number of carbonyl (C=O) groups is 1. The zero-order chi connectivity index (χ0) is 8.27. The summed E-state index contributed by atoms with van der Waals surface area (Å²) in [5, 5.41) is 0. The lowest BCUT2D eigenvalue weighted by Crippen LogP contribution is -2.07. The van der Waals surface area contributed by atoms with Gasteiger partial charge in [0, 0.05) is 18.0 Å². The van der Waals surface area contributed by atoms with Gasteiger partial charge in [0.1, 0.15) is 0 Å². The average Bonchev–Trinajstić information content (AvgIpc) is 2.05. The van der Waals surface area contributed by atoms with Crippen LogP contribution < -0.4 is 0 Å². The largest absolute Gasteiger partial charge is 0.291 e. The van der Waals surface area contributed by atoms with Crippen molar-refractivity contribution in [2.75, 3.05) is 0 Å². The van der Waals surface area contributed by atoms with Crippen LogP contribution in [0.5, 0.6) is 0 Å². The lowest BCUT2D eigenvalue weighted by atomic mass is 10.2. The van der Waals surface area contributed by atoms with Crippen molar-refractivity contribution in [1.29, 1.82) is 0 Å². The highest BCUT2D eigenvalue weighted by Crippen LogP contribution is 2.10. The van der Waals surface area contributed by atoms with Crippen LogP contribution in [0.15, 0.2) is 24.5 Å². The van der Waals surface area contributed by atoms with Crippen LogP contribution in [-0.2, 0) is 0 Å². The minimum absolute atomic E-state index is 0.296. The van der Waals surface area contributed by atoms with E-state index in [1.807, 2.05) is 0 Å². The Bertz CT molecular complexity index is 248. The number of hydrogen-bond acceptors (Lipinski definition) is 2. The van der Waals surface area contributed by atoms with Gasteiger partial charge in [0.15, 0.2) is 10.6 Å². The average molecular weight is 190 g/mol. The zero-order valence-electron chi connectivity index (χ0n) is 5.50. The number of hydrogen-bond donors (Lipinski definition) is 0. The van der Waals surface area contributed by atoms with Crippen molar-refractivity contribution >= 4 is 29.0 Å². The van der Waals surface area contributed by atoms with Crippen molar-refractivity contribution in [3.8, 4) is 0 Å². The third-order valence-electron chi connectivity index (χ3n) is 1.16. The molecule has 0 spiro atoms. The van der Waals surface area contributed by atoms with Crippen LogP contribution in [0.1, 0.15) is 10.4 Å². The molecule has 1 heterocycles. The summed E-state index contributed by atoms with van der Waals surface area (Å²) in [5.41, 5.74) is 0.481. The number of aromatic nitrogens is 1. The van der Waals surface area contributed by atoms with E-state index in [0.717, 1.165) is 0 Å². The molecular formula is C7H5Cl2NO. The molecule has 0 unspecified atom stereocenters. The van der Waals surface area contributed by atoms with Crippen LogP contribution in [0.25, 0.3) is 0 Å². The van der Waals surface area contributed by atoms with Gasteiger partial charge in [-0.2, -0.15) is 0 Å². The van der Waals surface area contributed by atoms with Crippen LogP contribution in [0.4, 0.5) is 0 Å². The maximum absolute atomic E-state index is 11.1. The number of alkyl halides is 2. The fourth-order valence-electron chi connectivity index (χ4n) is 0.642. The molecule has 1 aromatic rings. The smallest absolute Gasteiger partial charge is 0.195 e. The second-order valence-corrected chi connectivity index (χ2v) is 3.00. The first-order chi connectivity index (χ1) is 5.22. The molecule has 0 aliphatic heterocycles. The Hall–Kier alpha value is -0.600. The molecule has 1 rings (SSSR count). The monoisotopic (exact) mass is 189 g/mol. The van der Waals surface area contributed by atoms with Gasteiger partial charge in [0.05, 0.1) is 0 Å². The van der Waals surface area contributed by atoms with E-state index >= 15 is 0 Å². The van der Waals surface area contributed by atoms with Gasteiger partial charge >= 0.3 is 0 Å². The van der Waals surface area contributed by atoms with Gasteiger partial charge in [-0.1, -0.05) is 23.2 Å². The zero-order valence-corrected chi connectivity index (χ0v) is 7.01.